The molecule has 0 bridgehead atoms. The highest BCUT2D eigenvalue weighted by Crippen LogP contribution is 1.54. The molecule has 0 amide bonds. The Bertz CT molecular complexity index is 33.9. The molecule has 0 saturated heterocycles. The molecule has 0 saturated carbocycles. The van der Waals surface area contributed by atoms with Crippen LogP contribution in [0.1, 0.15) is 0 Å². The van der Waals surface area contributed by atoms with E-state index in [1.54, 1.807) is 0 Å². The molecule has 0 rings (SSSR count). The molecule has 2 radical (unpaired) electrons. The molecule has 2 N–H and O–H groups in total. The Morgan fingerprint density at radius 1 is 2.00 bits per heavy atom. The maximum atomic E-state index is 9.19. The summed E-state index contributed by atoms with van der Waals surface area (Å²) in [4.78, 5) is 9.19. The minimum atomic E-state index is -0.671. The van der Waals surface area contributed by atoms with E-state index >= 15 is 0 Å². The third-order valence-corrected chi connectivity index (χ3v) is 0.151. The summed E-state index contributed by atoms with van der Waals surface area (Å²) in [6.07, 6.45) is 1.44. The van der Waals surface area contributed by atoms with E-state index in [2.05, 4.69) is 6.92 Å². The fraction of sp³-hybridized carbons (Fsp3) is 0.333. The Labute approximate surface area is 31.0 Å². The fourth-order valence-corrected chi connectivity index (χ4v) is 0. The second-order valence-corrected chi connectivity index (χ2v) is 0.724. The third-order valence-electron chi connectivity index (χ3n) is 0.151. The monoisotopic (exact) mass is 71.0 g/mol. The summed E-state index contributed by atoms with van der Waals surface area (Å²) >= 11 is 0. The van der Waals surface area contributed by atoms with Crippen LogP contribution in [0.25, 0.3) is 0 Å². The zero-order chi connectivity index (χ0) is 4.28. The van der Waals surface area contributed by atoms with Gasteiger partial charge in [-0.1, -0.05) is 0 Å². The van der Waals surface area contributed by atoms with Crippen LogP contribution < -0.4 is 5.73 Å². The first-order valence-electron chi connectivity index (χ1n) is 1.23. The predicted molar refractivity (Wildman–Crippen MR) is 19.0 cm³/mol. The summed E-state index contributed by atoms with van der Waals surface area (Å²) in [7, 11) is 0. The van der Waals surface area contributed by atoms with Crippen molar-refractivity contribution >= 4 is 6.29 Å². The van der Waals surface area contributed by atoms with E-state index in [0.29, 0.717) is 0 Å². The molecule has 2 nitrogen and oxygen atoms in total. The summed E-state index contributed by atoms with van der Waals surface area (Å²) in [5, 5.41) is 0. The van der Waals surface area contributed by atoms with Gasteiger partial charge >= 0.3 is 0 Å². The molecule has 1 atom stereocenters. The molecule has 1 unspecified atom stereocenters. The summed E-state index contributed by atoms with van der Waals surface area (Å²) in [5.74, 6) is 0. The van der Waals surface area contributed by atoms with E-state index in [1.807, 2.05) is 0 Å². The van der Waals surface area contributed by atoms with Gasteiger partial charge in [0.05, 0.1) is 6.04 Å². The molecule has 0 heterocycles. The molecule has 0 aliphatic rings. The summed E-state index contributed by atoms with van der Waals surface area (Å²) in [5.41, 5.74) is 4.76. The van der Waals surface area contributed by atoms with Crippen LogP contribution in [0.3, 0.4) is 0 Å². The topological polar surface area (TPSA) is 43.1 Å². The number of nitrogens with two attached hydrogens (primary N) is 1. The summed E-state index contributed by atoms with van der Waals surface area (Å²) < 4.78 is 0. The largest absolute Gasteiger partial charge is 0.321 e. The maximum Gasteiger partial charge on any atom is 0.216 e. The maximum absolute atomic E-state index is 9.19. The number of hydrogen-bond donors (Lipinski definition) is 1. The second-order valence-electron chi connectivity index (χ2n) is 0.724. The highest BCUT2D eigenvalue weighted by atomic mass is 16.1. The minimum Gasteiger partial charge on any atom is -0.321 e. The van der Waals surface area contributed by atoms with Gasteiger partial charge in [-0.2, -0.15) is 0 Å². The van der Waals surface area contributed by atoms with E-state index in [0.717, 1.165) is 0 Å². The van der Waals surface area contributed by atoms with Crippen LogP contribution in [0.5, 0.6) is 0 Å². The molecule has 0 fully saturated rings. The van der Waals surface area contributed by atoms with Crippen molar-refractivity contribution < 1.29 is 4.79 Å². The molecular weight excluding hydrogens is 66.0 g/mol. The lowest BCUT2D eigenvalue weighted by molar-refractivity contribution is 0.549. The van der Waals surface area contributed by atoms with Crippen molar-refractivity contribution in [2.45, 2.75) is 6.04 Å². The van der Waals surface area contributed by atoms with E-state index < -0.39 is 6.04 Å². The number of rotatable bonds is 1. The zero-order valence-electron chi connectivity index (χ0n) is 2.77. The van der Waals surface area contributed by atoms with Gasteiger partial charge in [-0.3, -0.25) is 4.79 Å². The van der Waals surface area contributed by atoms with Crippen LogP contribution in [0.15, 0.2) is 0 Å². The molecule has 0 aromatic rings. The number of hydrogen-bond acceptors (Lipinski definition) is 2. The smallest absolute Gasteiger partial charge is 0.216 e. The lowest BCUT2D eigenvalue weighted by Gasteiger charge is -1.78. The van der Waals surface area contributed by atoms with Gasteiger partial charge in [0.2, 0.25) is 6.29 Å². The average molecular weight is 71.1 g/mol. The van der Waals surface area contributed by atoms with Gasteiger partial charge in [-0.25, -0.2) is 0 Å². The Balaban J connectivity index is 2.83. The molecule has 0 spiro atoms. The minimum absolute atomic E-state index is 0.671. The Morgan fingerprint density at radius 3 is 2.20 bits per heavy atom. The second kappa shape index (κ2) is 1.91. The van der Waals surface area contributed by atoms with Gasteiger partial charge in [0, 0.05) is 0 Å². The highest BCUT2D eigenvalue weighted by Gasteiger charge is 1.82. The van der Waals surface area contributed by atoms with Gasteiger partial charge in [0.25, 0.3) is 0 Å². The van der Waals surface area contributed by atoms with Crippen LogP contribution in [0.2, 0.25) is 0 Å². The van der Waals surface area contributed by atoms with Crippen molar-refractivity contribution in [3.63, 3.8) is 0 Å². The highest BCUT2D eigenvalue weighted by molar-refractivity contribution is 5.58. The predicted octanol–water partition coefficient (Wildman–Crippen LogP) is -0.743. The molecule has 0 aromatic heterocycles. The molecule has 5 heavy (non-hydrogen) atoms. The Kier molecular flexibility index (Phi) is 1.76. The molecule has 0 aliphatic heterocycles. The summed E-state index contributed by atoms with van der Waals surface area (Å²) in [6.45, 7) is 3.11. The van der Waals surface area contributed by atoms with Gasteiger partial charge in [0.1, 0.15) is 0 Å². The van der Waals surface area contributed by atoms with Crippen molar-refractivity contribution in [3.05, 3.63) is 6.92 Å². The van der Waals surface area contributed by atoms with Gasteiger partial charge in [0.15, 0.2) is 0 Å². The van der Waals surface area contributed by atoms with Crippen molar-refractivity contribution in [2.75, 3.05) is 0 Å². The number of carbonyl (C=O) groups excluding carboxylic acids is 1. The van der Waals surface area contributed by atoms with Crippen LogP contribution in [0.4, 0.5) is 0 Å². The van der Waals surface area contributed by atoms with Crippen LogP contribution >= 0.6 is 0 Å². The van der Waals surface area contributed by atoms with Crippen molar-refractivity contribution in [1.82, 2.24) is 0 Å². The van der Waals surface area contributed by atoms with Crippen LogP contribution in [-0.2, 0) is 4.79 Å². The van der Waals surface area contributed by atoms with Crippen molar-refractivity contribution in [1.29, 1.82) is 0 Å². The normalized spacial score (nSPS) is 14.0. The lowest BCUT2D eigenvalue weighted by Crippen LogP contribution is -2.15. The first-order valence-corrected chi connectivity index (χ1v) is 1.23. The standard InChI is InChI=1S/C3H5NO/c1-3(4)2-5/h3H,1,4H2. The van der Waals surface area contributed by atoms with Crippen molar-refractivity contribution in [3.8, 4) is 0 Å². The third kappa shape index (κ3) is 3.63. The summed E-state index contributed by atoms with van der Waals surface area (Å²) in [6, 6.07) is -0.671. The molecule has 0 aromatic carbocycles. The van der Waals surface area contributed by atoms with Crippen LogP contribution in [0, 0.1) is 6.92 Å². The molecular formula is C3H5NO. The van der Waals surface area contributed by atoms with E-state index in [1.165, 1.54) is 6.29 Å². The fourth-order valence-electron chi connectivity index (χ4n) is 0. The van der Waals surface area contributed by atoms with E-state index in [9.17, 15) is 4.79 Å². The first kappa shape index (κ1) is 4.63. The lowest BCUT2D eigenvalue weighted by atomic mass is 10.4. The quantitative estimate of drug-likeness (QED) is 0.442. The Morgan fingerprint density at radius 2 is 2.20 bits per heavy atom. The zero-order valence-corrected chi connectivity index (χ0v) is 2.77. The van der Waals surface area contributed by atoms with E-state index in [4.69, 9.17) is 5.73 Å². The van der Waals surface area contributed by atoms with E-state index in [-0.39, 0.29) is 0 Å². The average Bonchev–Trinajstić information content (AvgIpc) is 1.38. The van der Waals surface area contributed by atoms with Gasteiger partial charge in [-0.05, 0) is 6.92 Å². The SMILES string of the molecule is [CH2]C(N)[C]=O. The Hall–Kier alpha value is -0.370. The molecule has 0 aliphatic carbocycles. The van der Waals surface area contributed by atoms with Gasteiger partial charge in [-0.15, -0.1) is 0 Å². The first-order chi connectivity index (χ1) is 2.27. The van der Waals surface area contributed by atoms with Crippen molar-refractivity contribution in [2.24, 2.45) is 5.73 Å². The van der Waals surface area contributed by atoms with Gasteiger partial charge < -0.3 is 5.73 Å². The molecule has 28 valence electrons. The van der Waals surface area contributed by atoms with Crippen LogP contribution in [-0.4, -0.2) is 12.3 Å². The molecule has 2 heteroatoms.